The third-order valence-corrected chi connectivity index (χ3v) is 2.03. The van der Waals surface area contributed by atoms with Crippen LogP contribution in [-0.4, -0.2) is 42.3 Å². The average molecular weight is 227 g/mol. The second kappa shape index (κ2) is 6.97. The molecule has 0 amide bonds. The van der Waals surface area contributed by atoms with Gasteiger partial charge in [-0.05, 0) is 0 Å². The number of hydrogen-bond donors (Lipinski definition) is 2. The molecule has 0 aliphatic rings. The summed E-state index contributed by atoms with van der Waals surface area (Å²) >= 11 is 0. The van der Waals surface area contributed by atoms with Crippen LogP contribution in [0.3, 0.4) is 0 Å². The maximum absolute atomic E-state index is 11.4. The summed E-state index contributed by atoms with van der Waals surface area (Å²) in [7, 11) is 1.60. The summed E-state index contributed by atoms with van der Waals surface area (Å²) in [4.78, 5) is 18.1. The summed E-state index contributed by atoms with van der Waals surface area (Å²) in [5.74, 6) is -0.397. The predicted octanol–water partition coefficient (Wildman–Crippen LogP) is -0.141. The van der Waals surface area contributed by atoms with Gasteiger partial charge < -0.3 is 20.2 Å². The Balaban J connectivity index is 2.20. The third kappa shape index (κ3) is 4.41. The van der Waals surface area contributed by atoms with Crippen molar-refractivity contribution in [1.29, 1.82) is 0 Å². The van der Waals surface area contributed by atoms with Crippen LogP contribution >= 0.6 is 0 Å². The van der Waals surface area contributed by atoms with Gasteiger partial charge >= 0.3 is 5.97 Å². The number of aromatic nitrogens is 2. The molecule has 6 heteroatoms. The van der Waals surface area contributed by atoms with Crippen LogP contribution in [0.4, 0.5) is 0 Å². The fraction of sp³-hybridized carbons (Fsp3) is 0.600. The van der Waals surface area contributed by atoms with Crippen molar-refractivity contribution < 1.29 is 14.3 Å². The number of esters is 1. The smallest absolute Gasteiger partial charge is 0.323 e. The summed E-state index contributed by atoms with van der Waals surface area (Å²) in [6.07, 6.45) is 4.27. The zero-order chi connectivity index (χ0) is 11.8. The van der Waals surface area contributed by atoms with E-state index in [4.69, 9.17) is 15.2 Å². The molecule has 1 heterocycles. The lowest BCUT2D eigenvalue weighted by Gasteiger charge is -2.10. The Labute approximate surface area is 94.1 Å². The maximum atomic E-state index is 11.4. The molecule has 16 heavy (non-hydrogen) atoms. The summed E-state index contributed by atoms with van der Waals surface area (Å²) in [5.41, 5.74) is 6.49. The summed E-state index contributed by atoms with van der Waals surface area (Å²) in [6, 6.07) is -0.650. The number of rotatable bonds is 7. The summed E-state index contributed by atoms with van der Waals surface area (Å²) < 4.78 is 9.81. The highest BCUT2D eigenvalue weighted by molar-refractivity contribution is 5.75. The minimum absolute atomic E-state index is 0.337. The predicted molar refractivity (Wildman–Crippen MR) is 57.7 cm³/mol. The SMILES string of the molecule is COCCCOC(=O)C(N)Cc1cnc[nH]1. The first-order valence-corrected chi connectivity index (χ1v) is 5.12. The first-order chi connectivity index (χ1) is 7.74. The van der Waals surface area contributed by atoms with E-state index >= 15 is 0 Å². The van der Waals surface area contributed by atoms with Crippen LogP contribution in [0.15, 0.2) is 12.5 Å². The Hall–Kier alpha value is -1.40. The molecule has 6 nitrogen and oxygen atoms in total. The lowest BCUT2D eigenvalue weighted by Crippen LogP contribution is -2.34. The molecule has 3 N–H and O–H groups in total. The molecule has 0 spiro atoms. The van der Waals surface area contributed by atoms with E-state index in [0.717, 1.165) is 5.69 Å². The van der Waals surface area contributed by atoms with Gasteiger partial charge in [0.1, 0.15) is 6.04 Å². The molecule has 0 aromatic carbocycles. The lowest BCUT2D eigenvalue weighted by molar-refractivity contribution is -0.145. The number of carbonyl (C=O) groups excluding carboxylic acids is 1. The molecule has 1 atom stereocenters. The van der Waals surface area contributed by atoms with Gasteiger partial charge in [-0.25, -0.2) is 4.98 Å². The van der Waals surface area contributed by atoms with Crippen molar-refractivity contribution in [3.63, 3.8) is 0 Å². The van der Waals surface area contributed by atoms with Crippen LogP contribution < -0.4 is 5.73 Å². The van der Waals surface area contributed by atoms with Gasteiger partial charge in [-0.1, -0.05) is 0 Å². The highest BCUT2D eigenvalue weighted by atomic mass is 16.5. The van der Waals surface area contributed by atoms with Crippen LogP contribution in [-0.2, 0) is 20.7 Å². The van der Waals surface area contributed by atoms with Crippen LogP contribution in [0.2, 0.25) is 0 Å². The van der Waals surface area contributed by atoms with Gasteiger partial charge in [0.15, 0.2) is 0 Å². The molecule has 0 saturated carbocycles. The molecule has 0 aliphatic carbocycles. The molecule has 1 aromatic heterocycles. The number of nitrogens with one attached hydrogen (secondary N) is 1. The van der Waals surface area contributed by atoms with Crippen molar-refractivity contribution in [2.24, 2.45) is 5.73 Å². The number of hydrogen-bond acceptors (Lipinski definition) is 5. The van der Waals surface area contributed by atoms with Gasteiger partial charge in [0, 0.05) is 38.4 Å². The number of H-pyrrole nitrogens is 1. The van der Waals surface area contributed by atoms with Gasteiger partial charge in [0.25, 0.3) is 0 Å². The second-order valence-corrected chi connectivity index (χ2v) is 3.40. The Morgan fingerprint density at radius 3 is 3.06 bits per heavy atom. The molecule has 0 aliphatic heterocycles. The molecule has 0 bridgehead atoms. The van der Waals surface area contributed by atoms with E-state index in [1.165, 1.54) is 0 Å². The van der Waals surface area contributed by atoms with E-state index in [1.807, 2.05) is 0 Å². The van der Waals surface area contributed by atoms with Crippen LogP contribution in [0.25, 0.3) is 0 Å². The molecule has 1 rings (SSSR count). The van der Waals surface area contributed by atoms with E-state index in [9.17, 15) is 4.79 Å². The van der Waals surface area contributed by atoms with Crippen LogP contribution in [0.5, 0.6) is 0 Å². The number of methoxy groups -OCH3 is 1. The monoisotopic (exact) mass is 227 g/mol. The Kier molecular flexibility index (Phi) is 5.52. The number of ether oxygens (including phenoxy) is 2. The fourth-order valence-corrected chi connectivity index (χ4v) is 1.20. The van der Waals surface area contributed by atoms with Gasteiger partial charge in [-0.15, -0.1) is 0 Å². The van der Waals surface area contributed by atoms with Crippen molar-refractivity contribution in [2.45, 2.75) is 18.9 Å². The minimum Gasteiger partial charge on any atom is -0.464 e. The van der Waals surface area contributed by atoms with Crippen molar-refractivity contribution in [3.05, 3.63) is 18.2 Å². The third-order valence-electron chi connectivity index (χ3n) is 2.03. The van der Waals surface area contributed by atoms with E-state index in [0.29, 0.717) is 26.1 Å². The van der Waals surface area contributed by atoms with Gasteiger partial charge in [0.2, 0.25) is 0 Å². The van der Waals surface area contributed by atoms with Crippen molar-refractivity contribution in [1.82, 2.24) is 9.97 Å². The molecule has 0 radical (unpaired) electrons. The topological polar surface area (TPSA) is 90.2 Å². The van der Waals surface area contributed by atoms with E-state index in [-0.39, 0.29) is 0 Å². The molecule has 90 valence electrons. The summed E-state index contributed by atoms with van der Waals surface area (Å²) in [5, 5.41) is 0. The van der Waals surface area contributed by atoms with E-state index in [2.05, 4.69) is 9.97 Å². The number of aromatic amines is 1. The number of carbonyl (C=O) groups is 1. The van der Waals surface area contributed by atoms with Crippen LogP contribution in [0.1, 0.15) is 12.1 Å². The minimum atomic E-state index is -0.650. The maximum Gasteiger partial charge on any atom is 0.323 e. The molecule has 0 saturated heterocycles. The van der Waals surface area contributed by atoms with Crippen molar-refractivity contribution in [2.75, 3.05) is 20.3 Å². The van der Waals surface area contributed by atoms with Gasteiger partial charge in [-0.2, -0.15) is 0 Å². The molecular weight excluding hydrogens is 210 g/mol. The van der Waals surface area contributed by atoms with E-state index in [1.54, 1.807) is 19.6 Å². The zero-order valence-corrected chi connectivity index (χ0v) is 9.31. The zero-order valence-electron chi connectivity index (χ0n) is 9.31. The quantitative estimate of drug-likeness (QED) is 0.500. The average Bonchev–Trinajstić information content (AvgIpc) is 2.76. The van der Waals surface area contributed by atoms with Crippen molar-refractivity contribution >= 4 is 5.97 Å². The molecule has 1 aromatic rings. The Morgan fingerprint density at radius 1 is 1.62 bits per heavy atom. The van der Waals surface area contributed by atoms with Gasteiger partial charge in [-0.3, -0.25) is 4.79 Å². The first-order valence-electron chi connectivity index (χ1n) is 5.12. The number of nitrogens with two attached hydrogens (primary N) is 1. The Bertz CT molecular complexity index is 300. The largest absolute Gasteiger partial charge is 0.464 e. The molecular formula is C10H17N3O3. The second-order valence-electron chi connectivity index (χ2n) is 3.40. The highest BCUT2D eigenvalue weighted by Gasteiger charge is 2.15. The van der Waals surface area contributed by atoms with Crippen LogP contribution in [0, 0.1) is 0 Å². The molecule has 0 fully saturated rings. The standard InChI is InChI=1S/C10H17N3O3/c1-15-3-2-4-16-10(14)9(11)5-8-6-12-7-13-8/h6-7,9H,2-5,11H2,1H3,(H,12,13). The molecule has 1 unspecified atom stereocenters. The number of nitrogens with zero attached hydrogens (tertiary/aromatic N) is 1. The van der Waals surface area contributed by atoms with Gasteiger partial charge in [0.05, 0.1) is 12.9 Å². The number of imidazole rings is 1. The lowest BCUT2D eigenvalue weighted by atomic mass is 10.2. The fourth-order valence-electron chi connectivity index (χ4n) is 1.20. The normalized spacial score (nSPS) is 12.4. The van der Waals surface area contributed by atoms with Crippen molar-refractivity contribution in [3.8, 4) is 0 Å². The summed E-state index contributed by atoms with van der Waals surface area (Å²) in [6.45, 7) is 0.909. The van der Waals surface area contributed by atoms with E-state index < -0.39 is 12.0 Å². The first kappa shape index (κ1) is 12.7. The highest BCUT2D eigenvalue weighted by Crippen LogP contribution is 1.98. The Morgan fingerprint density at radius 2 is 2.44 bits per heavy atom.